The minimum atomic E-state index is 0.00243. The van der Waals surface area contributed by atoms with Crippen LogP contribution in [0.5, 0.6) is 0 Å². The van der Waals surface area contributed by atoms with Crippen LogP contribution in [0.3, 0.4) is 0 Å². The predicted octanol–water partition coefficient (Wildman–Crippen LogP) is 4.62. The van der Waals surface area contributed by atoms with Crippen molar-refractivity contribution in [3.63, 3.8) is 0 Å². The maximum Gasteiger partial charge on any atom is 0.228 e. The van der Waals surface area contributed by atoms with Gasteiger partial charge in [0.1, 0.15) is 0 Å². The molecule has 0 spiro atoms. The molecule has 1 N–H and O–H groups in total. The van der Waals surface area contributed by atoms with E-state index in [0.717, 1.165) is 28.8 Å². The van der Waals surface area contributed by atoms with E-state index < -0.39 is 0 Å². The second kappa shape index (κ2) is 7.64. The Labute approximate surface area is 145 Å². The molecule has 1 fully saturated rings. The lowest BCUT2D eigenvalue weighted by atomic mass is 10.1. The normalized spacial score (nSPS) is 14.6. The summed E-state index contributed by atoms with van der Waals surface area (Å²) in [6, 6.07) is 16.0. The number of nitrogens with one attached hydrogen (secondary N) is 1. The summed E-state index contributed by atoms with van der Waals surface area (Å²) in [5, 5.41) is 2.97. The Bertz CT molecular complexity index is 663. The van der Waals surface area contributed by atoms with Gasteiger partial charge in [-0.3, -0.25) is 4.79 Å². The third-order valence-corrected chi connectivity index (χ3v) is 4.95. The topological polar surface area (TPSA) is 32.3 Å². The molecular weight excluding hydrogens is 352 g/mol. The van der Waals surface area contributed by atoms with Gasteiger partial charge in [0.2, 0.25) is 5.91 Å². The number of amides is 1. The maximum absolute atomic E-state index is 12.2. The lowest BCUT2D eigenvalue weighted by Crippen LogP contribution is -2.29. The number of nitrogens with zero attached hydrogens (tertiary/aromatic N) is 1. The molecule has 0 aliphatic carbocycles. The zero-order chi connectivity index (χ0) is 16.1. The van der Waals surface area contributed by atoms with Gasteiger partial charge < -0.3 is 10.2 Å². The Kier molecular flexibility index (Phi) is 5.34. The second-order valence-corrected chi connectivity index (χ2v) is 6.77. The first-order valence-electron chi connectivity index (χ1n) is 8.10. The monoisotopic (exact) mass is 372 g/mol. The molecule has 0 saturated carbocycles. The zero-order valence-corrected chi connectivity index (χ0v) is 14.7. The van der Waals surface area contributed by atoms with Crippen molar-refractivity contribution in [1.82, 2.24) is 0 Å². The van der Waals surface area contributed by atoms with Crippen LogP contribution in [0.2, 0.25) is 0 Å². The van der Waals surface area contributed by atoms with E-state index in [0.29, 0.717) is 6.42 Å². The lowest BCUT2D eigenvalue weighted by Gasteiger charge is -2.28. The van der Waals surface area contributed by atoms with Crippen LogP contribution in [0.1, 0.15) is 24.8 Å². The predicted molar refractivity (Wildman–Crippen MR) is 99.0 cm³/mol. The molecule has 0 radical (unpaired) electrons. The van der Waals surface area contributed by atoms with E-state index in [2.05, 4.69) is 38.3 Å². The summed E-state index contributed by atoms with van der Waals surface area (Å²) in [6.07, 6.45) is 4.24. The van der Waals surface area contributed by atoms with Crippen LogP contribution in [0.15, 0.2) is 53.0 Å². The molecule has 1 heterocycles. The highest BCUT2D eigenvalue weighted by Gasteiger charge is 2.11. The molecule has 2 aromatic carbocycles. The third kappa shape index (κ3) is 4.35. The smallest absolute Gasteiger partial charge is 0.228 e. The summed E-state index contributed by atoms with van der Waals surface area (Å²) < 4.78 is 0.968. The van der Waals surface area contributed by atoms with Crippen LogP contribution in [-0.4, -0.2) is 19.0 Å². The largest absolute Gasteiger partial charge is 0.372 e. The molecule has 1 amide bonds. The molecule has 1 aliphatic heterocycles. The molecule has 120 valence electrons. The summed E-state index contributed by atoms with van der Waals surface area (Å²) in [6.45, 7) is 2.27. The molecule has 3 nitrogen and oxygen atoms in total. The van der Waals surface area contributed by atoms with Gasteiger partial charge in [-0.1, -0.05) is 34.1 Å². The van der Waals surface area contributed by atoms with Crippen LogP contribution in [-0.2, 0) is 11.2 Å². The number of carbonyl (C=O) groups is 1. The number of hydrogen-bond acceptors (Lipinski definition) is 2. The Balaban J connectivity index is 1.59. The molecule has 3 rings (SSSR count). The standard InChI is InChI=1S/C19H21BrN2O/c20-18-7-3-2-6-15(18)14-19(23)21-16-8-10-17(11-9-16)22-12-4-1-5-13-22/h2-3,6-11H,1,4-5,12-14H2,(H,21,23). The Morgan fingerprint density at radius 2 is 1.70 bits per heavy atom. The van der Waals surface area contributed by atoms with Crippen LogP contribution < -0.4 is 10.2 Å². The quantitative estimate of drug-likeness (QED) is 0.848. The molecule has 0 aromatic heterocycles. The number of anilines is 2. The fourth-order valence-electron chi connectivity index (χ4n) is 2.93. The molecule has 1 aliphatic rings. The van der Waals surface area contributed by atoms with Crippen molar-refractivity contribution in [2.75, 3.05) is 23.3 Å². The van der Waals surface area contributed by atoms with E-state index in [1.807, 2.05) is 36.4 Å². The van der Waals surface area contributed by atoms with Gasteiger partial charge >= 0.3 is 0 Å². The van der Waals surface area contributed by atoms with Crippen molar-refractivity contribution >= 4 is 33.2 Å². The fourth-order valence-corrected chi connectivity index (χ4v) is 3.35. The van der Waals surface area contributed by atoms with E-state index in [4.69, 9.17) is 0 Å². The van der Waals surface area contributed by atoms with E-state index in [-0.39, 0.29) is 5.91 Å². The van der Waals surface area contributed by atoms with Crippen molar-refractivity contribution in [2.24, 2.45) is 0 Å². The summed E-state index contributed by atoms with van der Waals surface area (Å²) in [4.78, 5) is 14.6. The SMILES string of the molecule is O=C(Cc1ccccc1Br)Nc1ccc(N2CCCCC2)cc1. The van der Waals surface area contributed by atoms with Crippen molar-refractivity contribution in [3.8, 4) is 0 Å². The number of piperidine rings is 1. The molecule has 1 saturated heterocycles. The Morgan fingerprint density at radius 1 is 1.00 bits per heavy atom. The number of hydrogen-bond donors (Lipinski definition) is 1. The Morgan fingerprint density at radius 3 is 2.39 bits per heavy atom. The number of halogens is 1. The number of rotatable bonds is 4. The molecule has 23 heavy (non-hydrogen) atoms. The number of benzene rings is 2. The average Bonchev–Trinajstić information content (AvgIpc) is 2.58. The zero-order valence-electron chi connectivity index (χ0n) is 13.1. The van der Waals surface area contributed by atoms with Gasteiger partial charge in [-0.15, -0.1) is 0 Å². The average molecular weight is 373 g/mol. The fraction of sp³-hybridized carbons (Fsp3) is 0.316. The van der Waals surface area contributed by atoms with Gasteiger partial charge in [-0.25, -0.2) is 0 Å². The summed E-state index contributed by atoms with van der Waals surface area (Å²) in [5.74, 6) is 0.00243. The van der Waals surface area contributed by atoms with Gasteiger partial charge in [-0.2, -0.15) is 0 Å². The van der Waals surface area contributed by atoms with E-state index >= 15 is 0 Å². The van der Waals surface area contributed by atoms with E-state index in [9.17, 15) is 4.79 Å². The highest BCUT2D eigenvalue weighted by molar-refractivity contribution is 9.10. The summed E-state index contributed by atoms with van der Waals surface area (Å²) in [7, 11) is 0. The summed E-state index contributed by atoms with van der Waals surface area (Å²) >= 11 is 3.48. The van der Waals surface area contributed by atoms with Crippen LogP contribution in [0.4, 0.5) is 11.4 Å². The first-order valence-corrected chi connectivity index (χ1v) is 8.90. The molecule has 0 unspecified atom stereocenters. The minimum Gasteiger partial charge on any atom is -0.372 e. The van der Waals surface area contributed by atoms with Gasteiger partial charge in [0.05, 0.1) is 6.42 Å². The molecule has 4 heteroatoms. The van der Waals surface area contributed by atoms with E-state index in [1.54, 1.807) is 0 Å². The van der Waals surface area contributed by atoms with Gasteiger partial charge in [0.25, 0.3) is 0 Å². The van der Waals surface area contributed by atoms with Crippen molar-refractivity contribution in [2.45, 2.75) is 25.7 Å². The molecule has 0 atom stereocenters. The van der Waals surface area contributed by atoms with Gasteiger partial charge in [-0.05, 0) is 55.2 Å². The molecular formula is C19H21BrN2O. The first kappa shape index (κ1) is 16.1. The van der Waals surface area contributed by atoms with Gasteiger partial charge in [0, 0.05) is 28.9 Å². The van der Waals surface area contributed by atoms with Crippen molar-refractivity contribution in [3.05, 3.63) is 58.6 Å². The Hall–Kier alpha value is -1.81. The number of carbonyl (C=O) groups excluding carboxylic acids is 1. The minimum absolute atomic E-state index is 0.00243. The summed E-state index contributed by atoms with van der Waals surface area (Å²) in [5.41, 5.74) is 3.09. The molecule has 0 bridgehead atoms. The second-order valence-electron chi connectivity index (χ2n) is 5.91. The van der Waals surface area contributed by atoms with Crippen LogP contribution in [0.25, 0.3) is 0 Å². The maximum atomic E-state index is 12.2. The third-order valence-electron chi connectivity index (χ3n) is 4.18. The first-order chi connectivity index (χ1) is 11.2. The van der Waals surface area contributed by atoms with Crippen molar-refractivity contribution < 1.29 is 4.79 Å². The van der Waals surface area contributed by atoms with Gasteiger partial charge in [0.15, 0.2) is 0 Å². The highest BCUT2D eigenvalue weighted by atomic mass is 79.9. The van der Waals surface area contributed by atoms with E-state index in [1.165, 1.54) is 24.9 Å². The van der Waals surface area contributed by atoms with Crippen LogP contribution >= 0.6 is 15.9 Å². The lowest BCUT2D eigenvalue weighted by molar-refractivity contribution is -0.115. The highest BCUT2D eigenvalue weighted by Crippen LogP contribution is 2.22. The van der Waals surface area contributed by atoms with Crippen LogP contribution in [0, 0.1) is 0 Å². The van der Waals surface area contributed by atoms with Crippen molar-refractivity contribution in [1.29, 1.82) is 0 Å². The molecule has 2 aromatic rings.